The number of nitrogens with zero attached hydrogens (tertiary/aromatic N) is 3. The summed E-state index contributed by atoms with van der Waals surface area (Å²) in [5.41, 5.74) is 1.17. The van der Waals surface area contributed by atoms with Gasteiger partial charge in [0, 0.05) is 25.0 Å². The third kappa shape index (κ3) is 8.21. The van der Waals surface area contributed by atoms with Crippen molar-refractivity contribution in [2.45, 2.75) is 53.0 Å². The summed E-state index contributed by atoms with van der Waals surface area (Å²) in [5, 5.41) is 10.0. The van der Waals surface area contributed by atoms with Crippen LogP contribution in [0.4, 0.5) is 0 Å². The summed E-state index contributed by atoms with van der Waals surface area (Å²) in [5.74, 6) is 2.27. The Balaban J connectivity index is 0.00000312. The van der Waals surface area contributed by atoms with E-state index in [1.54, 1.807) is 11.3 Å². The third-order valence-electron chi connectivity index (χ3n) is 4.47. The SMILES string of the molecule is CCNC(=NCc1nc(C(C)C)cs1)NCCN1CCC(C)CC1.I. The highest BCUT2D eigenvalue weighted by atomic mass is 127. The predicted molar refractivity (Wildman–Crippen MR) is 119 cm³/mol. The first-order valence-electron chi connectivity index (χ1n) is 9.27. The minimum Gasteiger partial charge on any atom is -0.357 e. The van der Waals surface area contributed by atoms with Crippen LogP contribution in [0.2, 0.25) is 0 Å². The van der Waals surface area contributed by atoms with Crippen LogP contribution in [-0.2, 0) is 6.54 Å². The van der Waals surface area contributed by atoms with Crippen LogP contribution >= 0.6 is 35.3 Å². The van der Waals surface area contributed by atoms with Crippen molar-refractivity contribution >= 4 is 41.3 Å². The van der Waals surface area contributed by atoms with Crippen molar-refractivity contribution in [1.29, 1.82) is 0 Å². The van der Waals surface area contributed by atoms with Gasteiger partial charge in [0.15, 0.2) is 5.96 Å². The number of likely N-dealkylation sites (tertiary alicyclic amines) is 1. The van der Waals surface area contributed by atoms with E-state index in [2.05, 4.69) is 58.6 Å². The Morgan fingerprint density at radius 1 is 1.36 bits per heavy atom. The molecule has 0 saturated carbocycles. The van der Waals surface area contributed by atoms with Crippen LogP contribution in [0.25, 0.3) is 0 Å². The molecule has 7 heteroatoms. The van der Waals surface area contributed by atoms with Gasteiger partial charge in [0.1, 0.15) is 5.01 Å². The second-order valence-corrected chi connectivity index (χ2v) is 7.91. The Kier molecular flexibility index (Phi) is 10.9. The first-order valence-corrected chi connectivity index (χ1v) is 10.1. The van der Waals surface area contributed by atoms with E-state index in [1.165, 1.54) is 31.6 Å². The van der Waals surface area contributed by atoms with Crippen LogP contribution in [0.1, 0.15) is 57.2 Å². The molecule has 2 heterocycles. The first-order chi connectivity index (χ1) is 11.6. The molecule has 2 N–H and O–H groups in total. The Morgan fingerprint density at radius 3 is 2.68 bits per heavy atom. The van der Waals surface area contributed by atoms with E-state index in [-0.39, 0.29) is 24.0 Å². The summed E-state index contributed by atoms with van der Waals surface area (Å²) in [4.78, 5) is 11.9. The summed E-state index contributed by atoms with van der Waals surface area (Å²) in [6, 6.07) is 0. The number of hydrogen-bond acceptors (Lipinski definition) is 4. The zero-order valence-corrected chi connectivity index (χ0v) is 19.2. The van der Waals surface area contributed by atoms with Crippen molar-refractivity contribution in [2.24, 2.45) is 10.9 Å². The average Bonchev–Trinajstić information content (AvgIpc) is 3.04. The van der Waals surface area contributed by atoms with Gasteiger partial charge in [-0.2, -0.15) is 0 Å². The van der Waals surface area contributed by atoms with Crippen molar-refractivity contribution < 1.29 is 0 Å². The molecule has 1 aromatic rings. The maximum atomic E-state index is 4.67. The van der Waals surface area contributed by atoms with Crippen molar-refractivity contribution in [3.63, 3.8) is 0 Å². The fourth-order valence-electron chi connectivity index (χ4n) is 2.77. The van der Waals surface area contributed by atoms with Gasteiger partial charge in [0.2, 0.25) is 0 Å². The number of halogens is 1. The number of aliphatic imine (C=N–C) groups is 1. The van der Waals surface area contributed by atoms with E-state index in [0.29, 0.717) is 12.5 Å². The molecule has 2 rings (SSSR count). The van der Waals surface area contributed by atoms with Crippen LogP contribution in [-0.4, -0.2) is 48.6 Å². The Bertz CT molecular complexity index is 509. The second kappa shape index (κ2) is 12.1. The van der Waals surface area contributed by atoms with Gasteiger partial charge < -0.3 is 15.5 Å². The minimum atomic E-state index is 0. The van der Waals surface area contributed by atoms with Gasteiger partial charge in [-0.1, -0.05) is 20.8 Å². The average molecular weight is 479 g/mol. The first kappa shape index (κ1) is 22.6. The number of thiazole rings is 1. The molecule has 0 spiro atoms. The van der Waals surface area contributed by atoms with Crippen LogP contribution in [0.5, 0.6) is 0 Å². The number of guanidine groups is 1. The van der Waals surface area contributed by atoms with Crippen molar-refractivity contribution in [2.75, 3.05) is 32.7 Å². The summed E-state index contributed by atoms with van der Waals surface area (Å²) >= 11 is 1.70. The lowest BCUT2D eigenvalue weighted by molar-refractivity contribution is 0.195. The molecule has 0 unspecified atom stereocenters. The highest BCUT2D eigenvalue weighted by Gasteiger charge is 2.15. The molecule has 0 aliphatic carbocycles. The number of rotatable bonds is 7. The van der Waals surface area contributed by atoms with Gasteiger partial charge in [-0.3, -0.25) is 0 Å². The zero-order valence-electron chi connectivity index (χ0n) is 16.0. The molecule has 1 aromatic heterocycles. The van der Waals surface area contributed by atoms with E-state index >= 15 is 0 Å². The predicted octanol–water partition coefficient (Wildman–Crippen LogP) is 3.67. The number of hydrogen-bond donors (Lipinski definition) is 2. The van der Waals surface area contributed by atoms with E-state index in [0.717, 1.165) is 36.5 Å². The Morgan fingerprint density at radius 2 is 2.08 bits per heavy atom. The van der Waals surface area contributed by atoms with Gasteiger partial charge in [-0.25, -0.2) is 9.98 Å². The molecule has 0 amide bonds. The quantitative estimate of drug-likeness (QED) is 0.356. The van der Waals surface area contributed by atoms with Crippen LogP contribution in [0.3, 0.4) is 0 Å². The highest BCUT2D eigenvalue weighted by molar-refractivity contribution is 14.0. The Labute approximate surface area is 174 Å². The van der Waals surface area contributed by atoms with E-state index in [9.17, 15) is 0 Å². The highest BCUT2D eigenvalue weighted by Crippen LogP contribution is 2.18. The van der Waals surface area contributed by atoms with Gasteiger partial charge in [-0.15, -0.1) is 35.3 Å². The van der Waals surface area contributed by atoms with E-state index in [4.69, 9.17) is 0 Å². The molecule has 1 aliphatic heterocycles. The summed E-state index contributed by atoms with van der Waals surface area (Å²) in [6.45, 7) is 14.8. The van der Waals surface area contributed by atoms with Gasteiger partial charge in [0.05, 0.1) is 12.2 Å². The Hall–Kier alpha value is -0.410. The molecule has 1 saturated heterocycles. The smallest absolute Gasteiger partial charge is 0.191 e. The van der Waals surface area contributed by atoms with Crippen molar-refractivity contribution in [3.8, 4) is 0 Å². The van der Waals surface area contributed by atoms with Crippen molar-refractivity contribution in [3.05, 3.63) is 16.1 Å². The molecule has 0 bridgehead atoms. The third-order valence-corrected chi connectivity index (χ3v) is 5.33. The van der Waals surface area contributed by atoms with Crippen LogP contribution in [0.15, 0.2) is 10.4 Å². The van der Waals surface area contributed by atoms with Crippen molar-refractivity contribution in [1.82, 2.24) is 20.5 Å². The molecule has 0 atom stereocenters. The molecule has 0 aromatic carbocycles. The monoisotopic (exact) mass is 479 g/mol. The maximum absolute atomic E-state index is 4.67. The minimum absolute atomic E-state index is 0. The summed E-state index contributed by atoms with van der Waals surface area (Å²) in [7, 11) is 0. The van der Waals surface area contributed by atoms with E-state index in [1.807, 2.05) is 0 Å². The lowest BCUT2D eigenvalue weighted by Crippen LogP contribution is -2.43. The molecule has 25 heavy (non-hydrogen) atoms. The topological polar surface area (TPSA) is 52.6 Å². The molecule has 1 fully saturated rings. The molecular formula is C18H34IN5S. The fourth-order valence-corrected chi connectivity index (χ4v) is 3.65. The lowest BCUT2D eigenvalue weighted by atomic mass is 9.99. The van der Waals surface area contributed by atoms with Crippen LogP contribution in [0, 0.1) is 5.92 Å². The lowest BCUT2D eigenvalue weighted by Gasteiger charge is -2.30. The number of piperidine rings is 1. The standard InChI is InChI=1S/C18H33N5S.HI/c1-5-19-18(20-8-11-23-9-6-15(4)7-10-23)21-12-17-22-16(13-24-17)14(2)3;/h13-15H,5-12H2,1-4H3,(H2,19,20,21);1H. The summed E-state index contributed by atoms with van der Waals surface area (Å²) < 4.78 is 0. The fraction of sp³-hybridized carbons (Fsp3) is 0.778. The number of aromatic nitrogens is 1. The molecule has 144 valence electrons. The molecular weight excluding hydrogens is 445 g/mol. The largest absolute Gasteiger partial charge is 0.357 e. The maximum Gasteiger partial charge on any atom is 0.191 e. The van der Waals surface area contributed by atoms with E-state index < -0.39 is 0 Å². The van der Waals surface area contributed by atoms with Gasteiger partial charge >= 0.3 is 0 Å². The number of nitrogens with one attached hydrogen (secondary N) is 2. The summed E-state index contributed by atoms with van der Waals surface area (Å²) in [6.07, 6.45) is 2.66. The van der Waals surface area contributed by atoms with Gasteiger partial charge in [-0.05, 0) is 44.7 Å². The zero-order chi connectivity index (χ0) is 17.4. The molecule has 1 aliphatic rings. The molecule has 5 nitrogen and oxygen atoms in total. The molecule has 0 radical (unpaired) electrons. The normalized spacial score (nSPS) is 16.8. The second-order valence-electron chi connectivity index (χ2n) is 6.97. The van der Waals surface area contributed by atoms with Gasteiger partial charge in [0.25, 0.3) is 0 Å². The van der Waals surface area contributed by atoms with Crippen LogP contribution < -0.4 is 10.6 Å².